The quantitative estimate of drug-likeness (QED) is 0.737. The minimum Gasteiger partial charge on any atom is -0.381 e. The van der Waals surface area contributed by atoms with Gasteiger partial charge in [0.2, 0.25) is 10.0 Å². The summed E-state index contributed by atoms with van der Waals surface area (Å²) in [5.41, 5.74) is 5.58. The number of hydrogen-bond donors (Lipinski definition) is 1. The molecule has 6 nitrogen and oxygen atoms in total. The van der Waals surface area contributed by atoms with Gasteiger partial charge in [-0.1, -0.05) is 12.2 Å². The van der Waals surface area contributed by atoms with Crippen molar-refractivity contribution in [2.45, 2.75) is 11.3 Å². The van der Waals surface area contributed by atoms with Gasteiger partial charge >= 0.3 is 0 Å². The lowest BCUT2D eigenvalue weighted by Gasteiger charge is -2.21. The predicted molar refractivity (Wildman–Crippen MR) is 60.1 cm³/mol. The van der Waals surface area contributed by atoms with Gasteiger partial charge in [-0.05, 0) is 6.42 Å². The predicted octanol–water partition coefficient (Wildman–Crippen LogP) is -0.0471. The highest BCUT2D eigenvalue weighted by Gasteiger charge is 2.28. The Morgan fingerprint density at radius 1 is 1.44 bits per heavy atom. The van der Waals surface area contributed by atoms with Crippen molar-refractivity contribution in [1.82, 2.24) is 14.1 Å². The van der Waals surface area contributed by atoms with Crippen molar-refractivity contribution in [2.75, 3.05) is 18.8 Å². The van der Waals surface area contributed by atoms with Gasteiger partial charge in [0.25, 0.3) is 0 Å². The molecule has 2 rings (SSSR count). The number of aromatic nitrogens is 2. The molecule has 1 aliphatic heterocycles. The number of anilines is 1. The maximum atomic E-state index is 12.2. The average molecular weight is 242 g/mol. The first-order valence-corrected chi connectivity index (χ1v) is 6.40. The van der Waals surface area contributed by atoms with E-state index in [1.807, 2.05) is 12.2 Å². The molecule has 88 valence electrons. The van der Waals surface area contributed by atoms with E-state index in [4.69, 9.17) is 5.73 Å². The van der Waals surface area contributed by atoms with Gasteiger partial charge in [0, 0.05) is 26.3 Å². The molecule has 2 heterocycles. The molecule has 0 fully saturated rings. The summed E-state index contributed by atoms with van der Waals surface area (Å²) in [6, 6.07) is 0. The lowest BCUT2D eigenvalue weighted by atomic mass is 10.3. The monoisotopic (exact) mass is 242 g/mol. The van der Waals surface area contributed by atoms with Crippen LogP contribution < -0.4 is 5.73 Å². The number of nitrogens with two attached hydrogens (primary N) is 1. The summed E-state index contributed by atoms with van der Waals surface area (Å²) < 4.78 is 27.2. The first kappa shape index (κ1) is 11.2. The van der Waals surface area contributed by atoms with Crippen LogP contribution in [-0.2, 0) is 17.1 Å². The summed E-state index contributed by atoms with van der Waals surface area (Å²) in [4.78, 5) is 0.0882. The Morgan fingerprint density at radius 3 is 2.69 bits per heavy atom. The Hall–Kier alpha value is -1.34. The van der Waals surface area contributed by atoms with E-state index < -0.39 is 10.0 Å². The highest BCUT2D eigenvalue weighted by Crippen LogP contribution is 2.22. The summed E-state index contributed by atoms with van der Waals surface area (Å²) in [5.74, 6) is 0.0528. The molecule has 0 atom stereocenters. The zero-order chi connectivity index (χ0) is 11.8. The van der Waals surface area contributed by atoms with Gasteiger partial charge in [0.05, 0.1) is 0 Å². The van der Waals surface area contributed by atoms with E-state index in [9.17, 15) is 8.42 Å². The van der Waals surface area contributed by atoms with E-state index in [2.05, 4.69) is 5.10 Å². The number of nitrogens with zero attached hydrogens (tertiary/aromatic N) is 3. The van der Waals surface area contributed by atoms with Crippen molar-refractivity contribution < 1.29 is 8.42 Å². The molecule has 1 aliphatic rings. The van der Waals surface area contributed by atoms with E-state index >= 15 is 0 Å². The average Bonchev–Trinajstić information content (AvgIpc) is 2.60. The Morgan fingerprint density at radius 2 is 2.19 bits per heavy atom. The van der Waals surface area contributed by atoms with E-state index in [0.29, 0.717) is 13.1 Å². The Kier molecular flexibility index (Phi) is 2.73. The first-order chi connectivity index (χ1) is 7.51. The molecule has 0 aliphatic carbocycles. The molecule has 0 unspecified atom stereocenters. The number of hydrogen-bond acceptors (Lipinski definition) is 4. The summed E-state index contributed by atoms with van der Waals surface area (Å²) in [7, 11) is -1.85. The highest BCUT2D eigenvalue weighted by atomic mass is 32.2. The second-order valence-electron chi connectivity index (χ2n) is 3.68. The molecule has 0 radical (unpaired) electrons. The van der Waals surface area contributed by atoms with Crippen molar-refractivity contribution in [2.24, 2.45) is 7.05 Å². The summed E-state index contributed by atoms with van der Waals surface area (Å²) >= 11 is 0. The van der Waals surface area contributed by atoms with Gasteiger partial charge in [-0.3, -0.25) is 4.68 Å². The normalized spacial score (nSPS) is 17.8. The standard InChI is InChI=1S/C9H14N4O2S/c1-12-7-8(9(10)11-12)16(14,15)13-5-3-2-4-6-13/h2-3,7H,4-6H2,1H3,(H2,10,11). The number of aryl methyl sites for hydroxylation is 1. The van der Waals surface area contributed by atoms with E-state index in [1.165, 1.54) is 15.2 Å². The topological polar surface area (TPSA) is 81.2 Å². The van der Waals surface area contributed by atoms with Gasteiger partial charge in [0.15, 0.2) is 5.82 Å². The maximum Gasteiger partial charge on any atom is 0.248 e. The van der Waals surface area contributed by atoms with Crippen LogP contribution in [0.25, 0.3) is 0 Å². The molecule has 2 N–H and O–H groups in total. The Bertz CT molecular complexity index is 518. The van der Waals surface area contributed by atoms with E-state index in [-0.39, 0.29) is 10.7 Å². The van der Waals surface area contributed by atoms with Gasteiger partial charge in [-0.15, -0.1) is 0 Å². The highest BCUT2D eigenvalue weighted by molar-refractivity contribution is 7.89. The van der Waals surface area contributed by atoms with Crippen LogP contribution in [0.2, 0.25) is 0 Å². The van der Waals surface area contributed by atoms with Crippen LogP contribution in [0.15, 0.2) is 23.2 Å². The molecule has 0 amide bonds. The van der Waals surface area contributed by atoms with E-state index in [0.717, 1.165) is 6.42 Å². The molecule has 1 aromatic heterocycles. The third-order valence-corrected chi connectivity index (χ3v) is 4.34. The summed E-state index contributed by atoms with van der Waals surface area (Å²) in [6.45, 7) is 0.893. The lowest BCUT2D eigenvalue weighted by Crippen LogP contribution is -2.34. The molecule has 0 spiro atoms. The van der Waals surface area contributed by atoms with Gasteiger partial charge in [-0.2, -0.15) is 9.40 Å². The minimum atomic E-state index is -3.50. The van der Waals surface area contributed by atoms with Crippen molar-refractivity contribution in [3.63, 3.8) is 0 Å². The fourth-order valence-electron chi connectivity index (χ4n) is 1.66. The molecule has 0 saturated carbocycles. The van der Waals surface area contributed by atoms with Crippen LogP contribution in [0.4, 0.5) is 5.82 Å². The Balaban J connectivity index is 2.38. The zero-order valence-corrected chi connectivity index (χ0v) is 9.81. The second kappa shape index (κ2) is 3.91. The third kappa shape index (κ3) is 1.83. The van der Waals surface area contributed by atoms with Crippen LogP contribution in [0.5, 0.6) is 0 Å². The fourth-order valence-corrected chi connectivity index (χ4v) is 3.16. The molecular weight excluding hydrogens is 228 g/mol. The third-order valence-electron chi connectivity index (χ3n) is 2.46. The molecule has 7 heteroatoms. The fraction of sp³-hybridized carbons (Fsp3) is 0.444. The lowest BCUT2D eigenvalue weighted by molar-refractivity contribution is 0.438. The smallest absolute Gasteiger partial charge is 0.248 e. The molecule has 0 aromatic carbocycles. The molecule has 16 heavy (non-hydrogen) atoms. The molecule has 0 saturated heterocycles. The second-order valence-corrected chi connectivity index (χ2v) is 5.58. The summed E-state index contributed by atoms with van der Waals surface area (Å²) in [6.07, 6.45) is 5.98. The van der Waals surface area contributed by atoms with Crippen LogP contribution in [0.1, 0.15) is 6.42 Å². The molecule has 0 bridgehead atoms. The molecular formula is C9H14N4O2S. The summed E-state index contributed by atoms with van der Waals surface area (Å²) in [5, 5.41) is 3.84. The number of sulfonamides is 1. The number of rotatable bonds is 2. The first-order valence-electron chi connectivity index (χ1n) is 4.96. The van der Waals surface area contributed by atoms with Crippen molar-refractivity contribution in [3.05, 3.63) is 18.3 Å². The van der Waals surface area contributed by atoms with Crippen LogP contribution in [0.3, 0.4) is 0 Å². The molecule has 1 aromatic rings. The maximum absolute atomic E-state index is 12.2. The van der Waals surface area contributed by atoms with Crippen LogP contribution in [-0.4, -0.2) is 35.6 Å². The van der Waals surface area contributed by atoms with Crippen LogP contribution >= 0.6 is 0 Å². The number of nitrogen functional groups attached to an aromatic ring is 1. The SMILES string of the molecule is Cn1cc(S(=O)(=O)N2CC=CCC2)c(N)n1. The Labute approximate surface area is 94.4 Å². The zero-order valence-electron chi connectivity index (χ0n) is 9.00. The largest absolute Gasteiger partial charge is 0.381 e. The van der Waals surface area contributed by atoms with Crippen LogP contribution in [0, 0.1) is 0 Å². The van der Waals surface area contributed by atoms with Crippen molar-refractivity contribution in [3.8, 4) is 0 Å². The van der Waals surface area contributed by atoms with Gasteiger partial charge in [0.1, 0.15) is 4.90 Å². The van der Waals surface area contributed by atoms with Gasteiger partial charge < -0.3 is 5.73 Å². The van der Waals surface area contributed by atoms with E-state index in [1.54, 1.807) is 7.05 Å². The minimum absolute atomic E-state index is 0.0528. The van der Waals surface area contributed by atoms with Crippen molar-refractivity contribution >= 4 is 15.8 Å². The van der Waals surface area contributed by atoms with Crippen molar-refractivity contribution in [1.29, 1.82) is 0 Å². The van der Waals surface area contributed by atoms with Gasteiger partial charge in [-0.25, -0.2) is 8.42 Å².